The molecule has 2 rings (SSSR count). The number of fused-ring (bicyclic) bond motifs is 1. The normalized spacial score (nSPS) is 38.9. The molecule has 0 saturated carbocycles. The van der Waals surface area contributed by atoms with Crippen molar-refractivity contribution in [3.05, 3.63) is 0 Å². The molecule has 2 saturated heterocycles. The van der Waals surface area contributed by atoms with E-state index in [1.54, 1.807) is 5.32 Å². The molecule has 0 spiro atoms. The summed E-state index contributed by atoms with van der Waals surface area (Å²) in [6, 6.07) is -0.834. The highest BCUT2D eigenvalue weighted by Crippen LogP contribution is 2.29. The summed E-state index contributed by atoms with van der Waals surface area (Å²) in [5.74, 6) is -3.58. The number of aliphatic hydroxyl groups is 1. The first kappa shape index (κ1) is 8.39. The van der Waals surface area contributed by atoms with Crippen molar-refractivity contribution in [3.8, 4) is 0 Å². The molecule has 6 nitrogen and oxygen atoms in total. The fourth-order valence-corrected chi connectivity index (χ4v) is 1.39. The lowest BCUT2D eigenvalue weighted by molar-refractivity contribution is -0.265. The van der Waals surface area contributed by atoms with Crippen molar-refractivity contribution in [2.45, 2.75) is 12.1 Å². The van der Waals surface area contributed by atoms with Gasteiger partial charge in [0.1, 0.15) is 0 Å². The van der Waals surface area contributed by atoms with E-state index in [0.29, 0.717) is 0 Å². The highest BCUT2D eigenvalue weighted by molar-refractivity contribution is 6.00. The van der Waals surface area contributed by atoms with Crippen LogP contribution in [0.5, 0.6) is 0 Å². The van der Waals surface area contributed by atoms with Gasteiger partial charge in [-0.3, -0.25) is 15.0 Å². The average molecular weight is 190 g/mol. The van der Waals surface area contributed by atoms with Crippen LogP contribution in [0.15, 0.2) is 0 Å². The monoisotopic (exact) mass is 190 g/mol. The average Bonchev–Trinajstić information content (AvgIpc) is 2.45. The summed E-state index contributed by atoms with van der Waals surface area (Å²) < 4.78 is 17.7. The van der Waals surface area contributed by atoms with E-state index in [9.17, 15) is 19.1 Å². The van der Waals surface area contributed by atoms with Crippen LogP contribution in [0.4, 0.5) is 9.18 Å². The van der Waals surface area contributed by atoms with Crippen LogP contribution in [0.3, 0.4) is 0 Å². The smallest absolute Gasteiger partial charge is 0.328 e. The lowest BCUT2D eigenvalue weighted by atomic mass is 10.2. The Hall–Kier alpha value is -1.21. The number of ether oxygens (including phenoxy) is 1. The van der Waals surface area contributed by atoms with Crippen LogP contribution in [0.25, 0.3) is 0 Å². The molecule has 2 N–H and O–H groups in total. The number of halogens is 1. The van der Waals surface area contributed by atoms with Crippen molar-refractivity contribution in [1.82, 2.24) is 10.2 Å². The van der Waals surface area contributed by atoms with Gasteiger partial charge in [0.05, 0.1) is 13.2 Å². The standard InChI is InChI=1S/C6H7FN2O4/c7-3-4(10)8-5(11)9-1-2-13-6(3,9)12/h3,12H,1-2H2,(H,8,10,11)/t3-,6?/m1/s1. The first-order valence-corrected chi connectivity index (χ1v) is 3.68. The van der Waals surface area contributed by atoms with E-state index < -0.39 is 24.0 Å². The molecule has 7 heteroatoms. The lowest BCUT2D eigenvalue weighted by Crippen LogP contribution is -2.67. The maximum atomic E-state index is 13.1. The molecule has 0 aromatic rings. The Bertz CT molecular complexity index is 284. The molecule has 2 atom stereocenters. The van der Waals surface area contributed by atoms with E-state index in [2.05, 4.69) is 4.74 Å². The second-order valence-corrected chi connectivity index (χ2v) is 2.82. The van der Waals surface area contributed by atoms with Crippen LogP contribution in [-0.2, 0) is 9.53 Å². The Morgan fingerprint density at radius 3 is 3.08 bits per heavy atom. The molecule has 13 heavy (non-hydrogen) atoms. The SMILES string of the molecule is O=C1NC(=O)N2CCOC2(O)[C@@H]1F. The zero-order valence-electron chi connectivity index (χ0n) is 6.49. The summed E-state index contributed by atoms with van der Waals surface area (Å²) in [5, 5.41) is 11.2. The van der Waals surface area contributed by atoms with Crippen LogP contribution < -0.4 is 5.32 Å². The Labute approximate surface area is 72.3 Å². The predicted molar refractivity (Wildman–Crippen MR) is 36.0 cm³/mol. The molecular weight excluding hydrogens is 183 g/mol. The van der Waals surface area contributed by atoms with Gasteiger partial charge in [-0.1, -0.05) is 0 Å². The van der Waals surface area contributed by atoms with Gasteiger partial charge in [-0.05, 0) is 0 Å². The second kappa shape index (κ2) is 2.39. The summed E-state index contributed by atoms with van der Waals surface area (Å²) in [4.78, 5) is 22.6. The second-order valence-electron chi connectivity index (χ2n) is 2.82. The number of rotatable bonds is 0. The van der Waals surface area contributed by atoms with E-state index in [-0.39, 0.29) is 13.2 Å². The third-order valence-electron chi connectivity index (χ3n) is 2.05. The van der Waals surface area contributed by atoms with Crippen LogP contribution in [0.2, 0.25) is 0 Å². The topological polar surface area (TPSA) is 78.9 Å². The van der Waals surface area contributed by atoms with Crippen LogP contribution in [-0.4, -0.2) is 47.2 Å². The van der Waals surface area contributed by atoms with E-state index in [1.807, 2.05) is 0 Å². The van der Waals surface area contributed by atoms with Gasteiger partial charge in [0.25, 0.3) is 18.0 Å². The molecule has 0 radical (unpaired) electrons. The van der Waals surface area contributed by atoms with E-state index in [4.69, 9.17) is 0 Å². The van der Waals surface area contributed by atoms with Gasteiger partial charge < -0.3 is 9.84 Å². The molecule has 2 aliphatic rings. The number of alkyl halides is 1. The number of carbonyl (C=O) groups is 2. The number of hydrogen-bond donors (Lipinski definition) is 2. The van der Waals surface area contributed by atoms with Gasteiger partial charge in [-0.2, -0.15) is 0 Å². The highest BCUT2D eigenvalue weighted by Gasteiger charge is 2.58. The maximum Gasteiger partial charge on any atom is 0.328 e. The molecule has 0 aliphatic carbocycles. The molecule has 0 aromatic carbocycles. The maximum absolute atomic E-state index is 13.1. The molecule has 0 bridgehead atoms. The Balaban J connectivity index is 2.36. The number of nitrogens with one attached hydrogen (secondary N) is 1. The predicted octanol–water partition coefficient (Wildman–Crippen LogP) is -1.45. The highest BCUT2D eigenvalue weighted by atomic mass is 19.1. The summed E-state index contributed by atoms with van der Waals surface area (Å²) in [6.45, 7) is 0.0770. The first-order valence-electron chi connectivity index (χ1n) is 3.68. The summed E-state index contributed by atoms with van der Waals surface area (Å²) in [6.07, 6.45) is -2.26. The van der Waals surface area contributed by atoms with Crippen molar-refractivity contribution in [3.63, 3.8) is 0 Å². The Morgan fingerprint density at radius 2 is 2.38 bits per heavy atom. The molecule has 72 valence electrons. The quantitative estimate of drug-likeness (QED) is 0.490. The number of carbonyl (C=O) groups excluding carboxylic acids is 2. The lowest BCUT2D eigenvalue weighted by Gasteiger charge is -2.36. The van der Waals surface area contributed by atoms with Crippen LogP contribution in [0, 0.1) is 0 Å². The van der Waals surface area contributed by atoms with Crippen molar-refractivity contribution >= 4 is 11.9 Å². The number of imide groups is 1. The molecule has 0 aromatic heterocycles. The van der Waals surface area contributed by atoms with E-state index in [0.717, 1.165) is 4.90 Å². The van der Waals surface area contributed by atoms with Gasteiger partial charge in [-0.15, -0.1) is 0 Å². The Kier molecular flexibility index (Phi) is 1.54. The number of urea groups is 1. The van der Waals surface area contributed by atoms with E-state index >= 15 is 0 Å². The van der Waals surface area contributed by atoms with Gasteiger partial charge >= 0.3 is 6.03 Å². The zero-order chi connectivity index (χ0) is 9.64. The molecule has 2 heterocycles. The van der Waals surface area contributed by atoms with Crippen LogP contribution >= 0.6 is 0 Å². The van der Waals surface area contributed by atoms with E-state index in [1.165, 1.54) is 0 Å². The van der Waals surface area contributed by atoms with Gasteiger partial charge in [-0.25, -0.2) is 9.18 Å². The largest absolute Gasteiger partial charge is 0.346 e. The van der Waals surface area contributed by atoms with Crippen molar-refractivity contribution < 1.29 is 23.8 Å². The minimum absolute atomic E-state index is 0.0115. The minimum Gasteiger partial charge on any atom is -0.346 e. The van der Waals surface area contributed by atoms with Gasteiger partial charge in [0, 0.05) is 0 Å². The molecule has 2 fully saturated rings. The van der Waals surface area contributed by atoms with Crippen molar-refractivity contribution in [2.24, 2.45) is 0 Å². The van der Waals surface area contributed by atoms with Crippen molar-refractivity contribution in [1.29, 1.82) is 0 Å². The van der Waals surface area contributed by atoms with Crippen LogP contribution in [0.1, 0.15) is 0 Å². The Morgan fingerprint density at radius 1 is 1.69 bits per heavy atom. The first-order chi connectivity index (χ1) is 6.05. The molecule has 1 unspecified atom stereocenters. The minimum atomic E-state index is -2.40. The number of nitrogens with zero attached hydrogens (tertiary/aromatic N) is 1. The summed E-state index contributed by atoms with van der Waals surface area (Å²) >= 11 is 0. The molecule has 2 aliphatic heterocycles. The third kappa shape index (κ3) is 0.939. The van der Waals surface area contributed by atoms with Crippen molar-refractivity contribution in [2.75, 3.05) is 13.2 Å². The fraction of sp³-hybridized carbons (Fsp3) is 0.667. The number of hydrogen-bond acceptors (Lipinski definition) is 4. The summed E-state index contributed by atoms with van der Waals surface area (Å²) in [7, 11) is 0. The fourth-order valence-electron chi connectivity index (χ4n) is 1.39. The molecule has 3 amide bonds. The van der Waals surface area contributed by atoms with Gasteiger partial charge in [0.15, 0.2) is 0 Å². The zero-order valence-corrected chi connectivity index (χ0v) is 6.49. The van der Waals surface area contributed by atoms with Gasteiger partial charge in [0.2, 0.25) is 0 Å². The summed E-state index contributed by atoms with van der Waals surface area (Å²) in [5.41, 5.74) is 0. The third-order valence-corrected chi connectivity index (χ3v) is 2.05. The number of amides is 3. The molecular formula is C6H7FN2O4.